The Balaban J connectivity index is 2.18. The van der Waals surface area contributed by atoms with Gasteiger partial charge in [-0.15, -0.1) is 0 Å². The maximum absolute atomic E-state index is 12.9. The highest BCUT2D eigenvalue weighted by atomic mass is 32.2. The lowest BCUT2D eigenvalue weighted by atomic mass is 10.1. The van der Waals surface area contributed by atoms with E-state index in [0.29, 0.717) is 22.2 Å². The molecule has 0 saturated heterocycles. The molecule has 0 radical (unpaired) electrons. The van der Waals surface area contributed by atoms with Crippen molar-refractivity contribution in [1.82, 2.24) is 4.98 Å². The van der Waals surface area contributed by atoms with Gasteiger partial charge in [-0.05, 0) is 36.8 Å². The van der Waals surface area contributed by atoms with Crippen LogP contribution in [0.15, 0.2) is 47.5 Å². The van der Waals surface area contributed by atoms with Crippen LogP contribution in [-0.4, -0.2) is 20.4 Å². The van der Waals surface area contributed by atoms with E-state index in [0.717, 1.165) is 9.87 Å². The van der Waals surface area contributed by atoms with Crippen molar-refractivity contribution in [2.75, 3.05) is 11.4 Å². The molecule has 7 heteroatoms. The van der Waals surface area contributed by atoms with Crippen LogP contribution in [0.5, 0.6) is 0 Å². The lowest BCUT2D eigenvalue weighted by Crippen LogP contribution is -2.26. The first-order valence-electron chi connectivity index (χ1n) is 7.40. The van der Waals surface area contributed by atoms with Crippen LogP contribution in [0.4, 0.5) is 5.69 Å². The van der Waals surface area contributed by atoms with Gasteiger partial charge in [0.05, 0.1) is 33.3 Å². The third-order valence-electron chi connectivity index (χ3n) is 4.10. The number of nitrogens with zero attached hydrogens (tertiary/aromatic N) is 3. The summed E-state index contributed by atoms with van der Waals surface area (Å²) in [6.45, 7) is 1.87. The van der Waals surface area contributed by atoms with Crippen LogP contribution >= 0.6 is 0 Å². The van der Waals surface area contributed by atoms with E-state index < -0.39 is 10.0 Å². The van der Waals surface area contributed by atoms with E-state index in [4.69, 9.17) is 5.26 Å². The van der Waals surface area contributed by atoms with E-state index in [2.05, 4.69) is 11.1 Å². The third kappa shape index (κ3) is 2.61. The van der Waals surface area contributed by atoms with Gasteiger partial charge in [-0.3, -0.25) is 4.31 Å². The molecule has 0 spiro atoms. The zero-order chi connectivity index (χ0) is 18.2. The number of aromatic amines is 1. The number of aryl methyl sites for hydroxylation is 1. The first-order chi connectivity index (χ1) is 11.9. The number of H-pyrrole nitrogens is 1. The second-order valence-corrected chi connectivity index (χ2v) is 7.55. The smallest absolute Gasteiger partial charge is 0.264 e. The summed E-state index contributed by atoms with van der Waals surface area (Å²) in [7, 11) is -2.40. The van der Waals surface area contributed by atoms with Crippen LogP contribution in [0.1, 0.15) is 16.7 Å². The van der Waals surface area contributed by atoms with Gasteiger partial charge in [0, 0.05) is 18.6 Å². The summed E-state index contributed by atoms with van der Waals surface area (Å²) < 4.78 is 27.0. The first kappa shape index (κ1) is 16.6. The number of fused-ring (bicyclic) bond motifs is 1. The highest BCUT2D eigenvalue weighted by molar-refractivity contribution is 7.92. The van der Waals surface area contributed by atoms with Gasteiger partial charge in [0.15, 0.2) is 0 Å². The Bertz CT molecular complexity index is 1160. The van der Waals surface area contributed by atoms with Crippen LogP contribution < -0.4 is 4.31 Å². The molecule has 1 N–H and O–H groups in total. The average molecular weight is 350 g/mol. The number of anilines is 1. The quantitative estimate of drug-likeness (QED) is 0.784. The Hall–Kier alpha value is -3.29. The molecule has 0 bridgehead atoms. The molecule has 2 aromatic carbocycles. The zero-order valence-electron chi connectivity index (χ0n) is 13.6. The monoisotopic (exact) mass is 350 g/mol. The summed E-state index contributed by atoms with van der Waals surface area (Å²) in [6.07, 6.45) is 1.57. The van der Waals surface area contributed by atoms with Gasteiger partial charge in [-0.1, -0.05) is 12.1 Å². The number of hydrogen-bond acceptors (Lipinski definition) is 4. The minimum absolute atomic E-state index is 0.0369. The molecule has 0 fully saturated rings. The lowest BCUT2D eigenvalue weighted by Gasteiger charge is -2.21. The number of nitrogens with one attached hydrogen (secondary N) is 1. The van der Waals surface area contributed by atoms with Crippen molar-refractivity contribution >= 4 is 26.6 Å². The predicted octanol–water partition coefficient (Wildman–Crippen LogP) is 3.04. The van der Waals surface area contributed by atoms with Crippen LogP contribution in [0.25, 0.3) is 10.9 Å². The average Bonchev–Trinajstić information content (AvgIpc) is 3.06. The van der Waals surface area contributed by atoms with Crippen LogP contribution in [0, 0.1) is 29.6 Å². The molecule has 0 saturated carbocycles. The topological polar surface area (TPSA) is 101 Å². The van der Waals surface area contributed by atoms with Crippen molar-refractivity contribution in [1.29, 1.82) is 10.5 Å². The normalized spacial score (nSPS) is 11.0. The van der Waals surface area contributed by atoms with Gasteiger partial charge in [0.2, 0.25) is 0 Å². The van der Waals surface area contributed by atoms with Crippen molar-refractivity contribution < 1.29 is 8.42 Å². The highest BCUT2D eigenvalue weighted by Crippen LogP contribution is 2.33. The Kier molecular flexibility index (Phi) is 3.96. The Morgan fingerprint density at radius 3 is 2.56 bits per heavy atom. The number of benzene rings is 2. The maximum atomic E-state index is 12.9. The third-order valence-corrected chi connectivity index (χ3v) is 5.87. The van der Waals surface area contributed by atoms with Crippen molar-refractivity contribution in [3.05, 3.63) is 59.3 Å². The number of sulfonamides is 1. The Morgan fingerprint density at radius 1 is 1.12 bits per heavy atom. The Morgan fingerprint density at radius 2 is 1.88 bits per heavy atom. The molecule has 0 aliphatic rings. The molecule has 6 nitrogen and oxygen atoms in total. The molecule has 1 heterocycles. The van der Waals surface area contributed by atoms with Gasteiger partial charge in [0.1, 0.15) is 6.07 Å². The summed E-state index contributed by atoms with van der Waals surface area (Å²) >= 11 is 0. The van der Waals surface area contributed by atoms with Crippen LogP contribution in [0.2, 0.25) is 0 Å². The van der Waals surface area contributed by atoms with Gasteiger partial charge < -0.3 is 4.98 Å². The van der Waals surface area contributed by atoms with Gasteiger partial charge in [-0.2, -0.15) is 10.5 Å². The summed E-state index contributed by atoms with van der Waals surface area (Å²) in [5.74, 6) is 0. The molecule has 3 rings (SSSR count). The number of aromatic nitrogens is 1. The van der Waals surface area contributed by atoms with E-state index in [1.165, 1.54) is 25.2 Å². The fourth-order valence-corrected chi connectivity index (χ4v) is 4.02. The summed E-state index contributed by atoms with van der Waals surface area (Å²) in [6, 6.07) is 13.4. The molecule has 0 aliphatic heterocycles. The molecule has 0 amide bonds. The number of rotatable bonds is 3. The molecule has 0 aliphatic carbocycles. The second kappa shape index (κ2) is 5.97. The predicted molar refractivity (Wildman–Crippen MR) is 94.5 cm³/mol. The minimum atomic E-state index is -3.85. The second-order valence-electron chi connectivity index (χ2n) is 5.58. The largest absolute Gasteiger partial charge is 0.358 e. The van der Waals surface area contributed by atoms with Gasteiger partial charge >= 0.3 is 0 Å². The van der Waals surface area contributed by atoms with E-state index in [-0.39, 0.29) is 10.5 Å². The molecular weight excluding hydrogens is 336 g/mol. The van der Waals surface area contributed by atoms with Crippen molar-refractivity contribution in [2.45, 2.75) is 11.8 Å². The molecular formula is C18H14N4O2S. The molecule has 3 aromatic rings. The zero-order valence-corrected chi connectivity index (χ0v) is 14.4. The van der Waals surface area contributed by atoms with Crippen molar-refractivity contribution in [2.24, 2.45) is 0 Å². The number of hydrogen-bond donors (Lipinski definition) is 1. The SMILES string of the molecule is Cc1ccc(N(C)S(=O)(=O)c2cccc(C#N)c2)c2[nH]cc(C#N)c12. The molecule has 124 valence electrons. The first-order valence-corrected chi connectivity index (χ1v) is 8.84. The van der Waals surface area contributed by atoms with Crippen molar-refractivity contribution in [3.63, 3.8) is 0 Å². The fraction of sp³-hybridized carbons (Fsp3) is 0.111. The molecule has 0 unspecified atom stereocenters. The summed E-state index contributed by atoms with van der Waals surface area (Å²) in [4.78, 5) is 3.03. The standard InChI is InChI=1S/C18H14N4O2S/c1-12-6-7-16(18-17(12)14(10-20)11-21-18)22(2)25(23,24)15-5-3-4-13(8-15)9-19/h3-8,11,21H,1-2H3. The fourth-order valence-electron chi connectivity index (χ4n) is 2.77. The Labute approximate surface area is 145 Å². The summed E-state index contributed by atoms with van der Waals surface area (Å²) in [5.41, 5.74) is 2.64. The molecule has 25 heavy (non-hydrogen) atoms. The van der Waals surface area contributed by atoms with E-state index in [9.17, 15) is 13.7 Å². The maximum Gasteiger partial charge on any atom is 0.264 e. The highest BCUT2D eigenvalue weighted by Gasteiger charge is 2.24. The van der Waals surface area contributed by atoms with Crippen LogP contribution in [-0.2, 0) is 10.0 Å². The lowest BCUT2D eigenvalue weighted by molar-refractivity contribution is 0.594. The van der Waals surface area contributed by atoms with Gasteiger partial charge in [0.25, 0.3) is 10.0 Å². The van der Waals surface area contributed by atoms with Crippen LogP contribution in [0.3, 0.4) is 0 Å². The van der Waals surface area contributed by atoms with Crippen molar-refractivity contribution in [3.8, 4) is 12.1 Å². The minimum Gasteiger partial charge on any atom is -0.358 e. The molecule has 0 atom stereocenters. The summed E-state index contributed by atoms with van der Waals surface area (Å²) in [5, 5.41) is 18.9. The van der Waals surface area contributed by atoms with Gasteiger partial charge in [-0.25, -0.2) is 8.42 Å². The van der Waals surface area contributed by atoms with E-state index in [1.54, 1.807) is 24.4 Å². The number of nitriles is 2. The molecule has 1 aromatic heterocycles. The van der Waals surface area contributed by atoms with E-state index in [1.807, 2.05) is 13.0 Å². The van der Waals surface area contributed by atoms with E-state index >= 15 is 0 Å².